The second kappa shape index (κ2) is 11.4. The van der Waals surface area contributed by atoms with E-state index in [1.165, 1.54) is 12.1 Å². The number of nitrogens with one attached hydrogen (secondary N) is 2. The minimum atomic E-state index is -0.255. The molecule has 0 amide bonds. The summed E-state index contributed by atoms with van der Waals surface area (Å²) in [6.07, 6.45) is 1.91. The molecule has 0 bridgehead atoms. The van der Waals surface area contributed by atoms with Crippen molar-refractivity contribution in [3.05, 3.63) is 77.9 Å². The summed E-state index contributed by atoms with van der Waals surface area (Å²) in [5, 5.41) is 11.0. The summed E-state index contributed by atoms with van der Waals surface area (Å²) in [7, 11) is 1.64. The molecule has 3 rings (SSSR count). The van der Waals surface area contributed by atoms with Crippen molar-refractivity contribution in [3.8, 4) is 11.4 Å². The van der Waals surface area contributed by atoms with Gasteiger partial charge < -0.3 is 15.4 Å². The van der Waals surface area contributed by atoms with Crippen LogP contribution >= 0.6 is 24.0 Å². The minimum Gasteiger partial charge on any atom is -0.497 e. The summed E-state index contributed by atoms with van der Waals surface area (Å²) in [6, 6.07) is 16.1. The first-order valence-corrected chi connectivity index (χ1v) is 9.13. The maximum absolute atomic E-state index is 13.3. The highest BCUT2D eigenvalue weighted by Crippen LogP contribution is 2.14. The van der Waals surface area contributed by atoms with Gasteiger partial charge in [-0.2, -0.15) is 5.10 Å². The van der Waals surface area contributed by atoms with Crippen LogP contribution in [0.3, 0.4) is 0 Å². The maximum atomic E-state index is 13.3. The van der Waals surface area contributed by atoms with Gasteiger partial charge in [-0.25, -0.2) is 14.1 Å². The lowest BCUT2D eigenvalue weighted by Gasteiger charge is -2.10. The topological polar surface area (TPSA) is 63.5 Å². The Kier molecular flexibility index (Phi) is 8.91. The molecule has 2 aromatic carbocycles. The number of ether oxygens (including phenoxy) is 1. The molecule has 0 saturated heterocycles. The van der Waals surface area contributed by atoms with Gasteiger partial charge in [0, 0.05) is 12.7 Å². The van der Waals surface area contributed by atoms with Crippen molar-refractivity contribution < 1.29 is 9.13 Å². The highest BCUT2D eigenvalue weighted by molar-refractivity contribution is 14.0. The van der Waals surface area contributed by atoms with Gasteiger partial charge in [0.25, 0.3) is 0 Å². The number of rotatable bonds is 7. The molecular formula is C21H25FIN5O. The fourth-order valence-corrected chi connectivity index (χ4v) is 2.66. The molecule has 0 spiro atoms. The standard InChI is InChI=1S/C21H24FN5O.HI/c1-3-23-21(24-14-16-5-4-6-17(22)13-16)25-15-18-11-12-27(26-18)19-7-9-20(28-2)10-8-19;/h4-13H,3,14-15H2,1-2H3,(H2,23,24,25);1H. The van der Waals surface area contributed by atoms with E-state index in [1.54, 1.807) is 13.2 Å². The van der Waals surface area contributed by atoms with Crippen LogP contribution in [-0.2, 0) is 13.1 Å². The average Bonchev–Trinajstić information content (AvgIpc) is 3.19. The summed E-state index contributed by atoms with van der Waals surface area (Å²) >= 11 is 0. The number of hydrogen-bond acceptors (Lipinski definition) is 3. The summed E-state index contributed by atoms with van der Waals surface area (Å²) in [5.41, 5.74) is 2.66. The molecule has 3 aromatic rings. The van der Waals surface area contributed by atoms with Crippen LogP contribution in [0.1, 0.15) is 18.2 Å². The first-order valence-electron chi connectivity index (χ1n) is 9.13. The van der Waals surface area contributed by atoms with Crippen molar-refractivity contribution in [2.24, 2.45) is 4.99 Å². The predicted molar refractivity (Wildman–Crippen MR) is 124 cm³/mol. The number of methoxy groups -OCH3 is 1. The number of nitrogens with zero attached hydrogens (tertiary/aromatic N) is 3. The zero-order valence-electron chi connectivity index (χ0n) is 16.4. The first kappa shape index (κ1) is 22.7. The molecule has 154 valence electrons. The Labute approximate surface area is 187 Å². The van der Waals surface area contributed by atoms with Gasteiger partial charge in [-0.1, -0.05) is 12.1 Å². The lowest BCUT2D eigenvalue weighted by Crippen LogP contribution is -2.36. The molecule has 0 saturated carbocycles. The maximum Gasteiger partial charge on any atom is 0.191 e. The number of aromatic nitrogens is 2. The molecule has 0 radical (unpaired) electrons. The van der Waals surface area contributed by atoms with E-state index >= 15 is 0 Å². The van der Waals surface area contributed by atoms with Crippen LogP contribution < -0.4 is 15.4 Å². The van der Waals surface area contributed by atoms with E-state index in [9.17, 15) is 4.39 Å². The van der Waals surface area contributed by atoms with Crippen LogP contribution in [0, 0.1) is 5.82 Å². The lowest BCUT2D eigenvalue weighted by atomic mass is 10.2. The second-order valence-corrected chi connectivity index (χ2v) is 6.13. The third kappa shape index (κ3) is 6.74. The van der Waals surface area contributed by atoms with Crippen molar-refractivity contribution in [1.82, 2.24) is 20.4 Å². The average molecular weight is 509 g/mol. The van der Waals surface area contributed by atoms with E-state index < -0.39 is 0 Å². The number of guanidine groups is 1. The summed E-state index contributed by atoms with van der Waals surface area (Å²) in [6.45, 7) is 3.65. The normalized spacial score (nSPS) is 10.9. The van der Waals surface area contributed by atoms with Gasteiger partial charge in [0.1, 0.15) is 11.6 Å². The third-order valence-corrected chi connectivity index (χ3v) is 4.07. The monoisotopic (exact) mass is 509 g/mol. The van der Waals surface area contributed by atoms with Crippen molar-refractivity contribution in [2.45, 2.75) is 20.0 Å². The Balaban J connectivity index is 0.00000300. The highest BCUT2D eigenvalue weighted by Gasteiger charge is 2.04. The molecule has 0 aliphatic carbocycles. The zero-order chi connectivity index (χ0) is 19.8. The molecule has 0 unspecified atom stereocenters. The Morgan fingerprint density at radius 3 is 2.62 bits per heavy atom. The fraction of sp³-hybridized carbons (Fsp3) is 0.238. The van der Waals surface area contributed by atoms with Crippen molar-refractivity contribution in [2.75, 3.05) is 13.7 Å². The molecule has 0 atom stereocenters. The van der Waals surface area contributed by atoms with E-state index in [4.69, 9.17) is 4.74 Å². The molecule has 1 aromatic heterocycles. The second-order valence-electron chi connectivity index (χ2n) is 6.13. The quantitative estimate of drug-likeness (QED) is 0.288. The molecule has 0 aliphatic rings. The van der Waals surface area contributed by atoms with Crippen LogP contribution in [-0.4, -0.2) is 29.4 Å². The Morgan fingerprint density at radius 2 is 1.93 bits per heavy atom. The van der Waals surface area contributed by atoms with Crippen LogP contribution in [0.4, 0.5) is 4.39 Å². The van der Waals surface area contributed by atoms with Crippen LogP contribution in [0.5, 0.6) is 5.75 Å². The molecule has 0 aliphatic heterocycles. The third-order valence-electron chi connectivity index (χ3n) is 4.07. The summed E-state index contributed by atoms with van der Waals surface area (Å²) < 4.78 is 20.3. The van der Waals surface area contributed by atoms with Crippen LogP contribution in [0.15, 0.2) is 65.8 Å². The Hall–Kier alpha value is -2.62. The molecule has 2 N–H and O–H groups in total. The van der Waals surface area contributed by atoms with E-state index in [2.05, 4.69) is 20.7 Å². The largest absolute Gasteiger partial charge is 0.497 e. The number of benzene rings is 2. The Bertz CT molecular complexity index is 927. The SMILES string of the molecule is CCNC(=NCc1cccc(F)c1)NCc1ccn(-c2ccc(OC)cc2)n1.I. The molecular weight excluding hydrogens is 484 g/mol. The van der Waals surface area contributed by atoms with Gasteiger partial charge in [-0.3, -0.25) is 0 Å². The molecule has 6 nitrogen and oxygen atoms in total. The van der Waals surface area contributed by atoms with Crippen molar-refractivity contribution in [3.63, 3.8) is 0 Å². The van der Waals surface area contributed by atoms with Crippen molar-refractivity contribution >= 4 is 29.9 Å². The predicted octanol–water partition coefficient (Wildman–Crippen LogP) is 3.89. The van der Waals surface area contributed by atoms with E-state index in [1.807, 2.05) is 54.2 Å². The van der Waals surface area contributed by atoms with E-state index in [0.717, 1.165) is 29.2 Å². The van der Waals surface area contributed by atoms with E-state index in [0.29, 0.717) is 19.0 Å². The smallest absolute Gasteiger partial charge is 0.191 e. The van der Waals surface area contributed by atoms with Gasteiger partial charge >= 0.3 is 0 Å². The first-order chi connectivity index (χ1) is 13.7. The fourth-order valence-electron chi connectivity index (χ4n) is 2.66. The van der Waals surface area contributed by atoms with Crippen LogP contribution in [0.25, 0.3) is 5.69 Å². The Morgan fingerprint density at radius 1 is 1.14 bits per heavy atom. The number of hydrogen-bond donors (Lipinski definition) is 2. The minimum absolute atomic E-state index is 0. The van der Waals surface area contributed by atoms with Crippen LogP contribution in [0.2, 0.25) is 0 Å². The van der Waals surface area contributed by atoms with Crippen molar-refractivity contribution in [1.29, 1.82) is 0 Å². The highest BCUT2D eigenvalue weighted by atomic mass is 127. The molecule has 0 fully saturated rings. The summed E-state index contributed by atoms with van der Waals surface area (Å²) in [4.78, 5) is 4.50. The zero-order valence-corrected chi connectivity index (χ0v) is 18.8. The number of halogens is 2. The van der Waals surface area contributed by atoms with E-state index in [-0.39, 0.29) is 29.8 Å². The van der Waals surface area contributed by atoms with Gasteiger partial charge in [0.15, 0.2) is 5.96 Å². The molecule has 29 heavy (non-hydrogen) atoms. The molecule has 1 heterocycles. The van der Waals surface area contributed by atoms with Gasteiger partial charge in [-0.15, -0.1) is 24.0 Å². The van der Waals surface area contributed by atoms with Gasteiger partial charge in [0.05, 0.1) is 31.6 Å². The lowest BCUT2D eigenvalue weighted by molar-refractivity contribution is 0.414. The molecule has 8 heteroatoms. The summed E-state index contributed by atoms with van der Waals surface area (Å²) in [5.74, 6) is 1.21. The van der Waals surface area contributed by atoms with Gasteiger partial charge in [0.2, 0.25) is 0 Å². The van der Waals surface area contributed by atoms with Gasteiger partial charge in [-0.05, 0) is 55.0 Å². The number of aliphatic imine (C=N–C) groups is 1.